The number of nitrogens with one attached hydrogen (secondary N) is 1. The Bertz CT molecular complexity index is 913. The van der Waals surface area contributed by atoms with Crippen molar-refractivity contribution in [2.45, 2.75) is 38.0 Å². The van der Waals surface area contributed by atoms with E-state index in [1.54, 1.807) is 4.68 Å². The molecule has 0 radical (unpaired) electrons. The zero-order chi connectivity index (χ0) is 19.9. The van der Waals surface area contributed by atoms with Crippen LogP contribution in [-0.4, -0.2) is 34.9 Å². The Labute approximate surface area is 172 Å². The van der Waals surface area contributed by atoms with Crippen LogP contribution >= 0.6 is 22.6 Å². The first-order valence-electron chi connectivity index (χ1n) is 8.86. The third kappa shape index (κ3) is 3.78. The third-order valence-corrected chi connectivity index (χ3v) is 5.67. The van der Waals surface area contributed by atoms with Gasteiger partial charge in [-0.15, -0.1) is 0 Å². The number of alkyl halides is 3. The van der Waals surface area contributed by atoms with Crippen molar-refractivity contribution in [2.75, 3.05) is 13.2 Å². The van der Waals surface area contributed by atoms with Gasteiger partial charge in [-0.3, -0.25) is 4.79 Å². The van der Waals surface area contributed by atoms with E-state index in [-0.39, 0.29) is 18.7 Å². The number of carbonyl (C=O) groups is 1. The van der Waals surface area contributed by atoms with Crippen molar-refractivity contribution in [2.24, 2.45) is 0 Å². The van der Waals surface area contributed by atoms with E-state index in [4.69, 9.17) is 9.47 Å². The van der Waals surface area contributed by atoms with Gasteiger partial charge in [0.25, 0.3) is 5.91 Å². The molecule has 1 aromatic carbocycles. The van der Waals surface area contributed by atoms with Gasteiger partial charge in [-0.1, -0.05) is 0 Å². The van der Waals surface area contributed by atoms with Gasteiger partial charge < -0.3 is 14.8 Å². The van der Waals surface area contributed by atoms with Gasteiger partial charge in [0.2, 0.25) is 5.88 Å². The van der Waals surface area contributed by atoms with Crippen molar-refractivity contribution in [3.05, 3.63) is 38.6 Å². The van der Waals surface area contributed by atoms with E-state index >= 15 is 0 Å². The molecule has 1 aromatic heterocycles. The zero-order valence-electron chi connectivity index (χ0n) is 14.7. The highest BCUT2D eigenvalue weighted by molar-refractivity contribution is 14.1. The minimum Gasteiger partial charge on any atom is -0.491 e. The van der Waals surface area contributed by atoms with Crippen molar-refractivity contribution in [3.63, 3.8) is 0 Å². The number of fused-ring (bicyclic) bond motifs is 2. The van der Waals surface area contributed by atoms with Crippen LogP contribution in [0.5, 0.6) is 11.6 Å². The molecule has 6 nitrogen and oxygen atoms in total. The average molecular weight is 507 g/mol. The largest absolute Gasteiger partial charge is 0.491 e. The molecule has 0 saturated heterocycles. The quantitative estimate of drug-likeness (QED) is 0.634. The van der Waals surface area contributed by atoms with Gasteiger partial charge in [0.05, 0.1) is 18.2 Å². The highest BCUT2D eigenvalue weighted by atomic mass is 127. The maximum absolute atomic E-state index is 12.9. The summed E-state index contributed by atoms with van der Waals surface area (Å²) in [5.74, 6) is 0.607. The number of rotatable bonds is 2. The molecule has 28 heavy (non-hydrogen) atoms. The second-order valence-corrected chi connectivity index (χ2v) is 7.83. The average Bonchev–Trinajstić information content (AvgIpc) is 2.81. The summed E-state index contributed by atoms with van der Waals surface area (Å²) in [6, 6.07) is 2.95. The Morgan fingerprint density at radius 1 is 1.29 bits per heavy atom. The highest BCUT2D eigenvalue weighted by Gasteiger charge is 2.33. The van der Waals surface area contributed by atoms with Crippen LogP contribution in [0.2, 0.25) is 0 Å². The third-order valence-electron chi connectivity index (χ3n) is 4.70. The van der Waals surface area contributed by atoms with Crippen LogP contribution < -0.4 is 14.8 Å². The van der Waals surface area contributed by atoms with Crippen LogP contribution in [0.15, 0.2) is 18.2 Å². The molecule has 4 rings (SSSR count). The molecule has 0 saturated carbocycles. The Hall–Kier alpha value is -1.98. The minimum absolute atomic E-state index is 0.185. The van der Waals surface area contributed by atoms with Crippen LogP contribution in [0.3, 0.4) is 0 Å². The number of nitrogens with zero attached hydrogens (tertiary/aromatic N) is 2. The first kappa shape index (κ1) is 19.3. The van der Waals surface area contributed by atoms with Crippen LogP contribution in [0.25, 0.3) is 0 Å². The van der Waals surface area contributed by atoms with E-state index in [2.05, 4.69) is 10.4 Å². The number of hydrogen-bond donors (Lipinski definition) is 1. The lowest BCUT2D eigenvalue weighted by Crippen LogP contribution is -2.43. The predicted octanol–water partition coefficient (Wildman–Crippen LogP) is 3.41. The van der Waals surface area contributed by atoms with E-state index < -0.39 is 23.7 Å². The summed E-state index contributed by atoms with van der Waals surface area (Å²) < 4.78 is 52.3. The molecule has 0 fully saturated rings. The highest BCUT2D eigenvalue weighted by Crippen LogP contribution is 2.34. The zero-order valence-corrected chi connectivity index (χ0v) is 16.8. The molecule has 1 unspecified atom stereocenters. The van der Waals surface area contributed by atoms with Gasteiger partial charge in [-0.25, -0.2) is 4.68 Å². The van der Waals surface area contributed by atoms with Crippen molar-refractivity contribution >= 4 is 28.5 Å². The Balaban J connectivity index is 1.49. The number of hydrogen-bond acceptors (Lipinski definition) is 4. The molecule has 0 spiro atoms. The van der Waals surface area contributed by atoms with Gasteiger partial charge in [0.15, 0.2) is 5.69 Å². The second kappa shape index (κ2) is 7.45. The first-order chi connectivity index (χ1) is 13.3. The molecule has 2 aliphatic heterocycles. The fourth-order valence-electron chi connectivity index (χ4n) is 3.31. The predicted molar refractivity (Wildman–Crippen MR) is 102 cm³/mol. The van der Waals surface area contributed by atoms with Gasteiger partial charge in [0.1, 0.15) is 15.9 Å². The summed E-state index contributed by atoms with van der Waals surface area (Å²) in [6.45, 7) is 1.45. The lowest BCUT2D eigenvalue weighted by molar-refractivity contribution is -0.137. The Kier molecular flexibility index (Phi) is 5.15. The number of carbonyl (C=O) groups excluding carboxylic acids is 1. The van der Waals surface area contributed by atoms with Gasteiger partial charge >= 0.3 is 6.18 Å². The molecular formula is C18H17F3IN3O3. The minimum atomic E-state index is -4.42. The fraction of sp³-hybridized carbons (Fsp3) is 0.444. The molecule has 2 aliphatic rings. The number of halogens is 4. The summed E-state index contributed by atoms with van der Waals surface area (Å²) in [5, 5.41) is 7.17. The molecule has 150 valence electrons. The van der Waals surface area contributed by atoms with Crippen LogP contribution in [-0.2, 0) is 19.1 Å². The first-order valence-corrected chi connectivity index (χ1v) is 9.93. The van der Waals surface area contributed by atoms with Crippen molar-refractivity contribution < 1.29 is 27.4 Å². The lowest BCUT2D eigenvalue weighted by Gasteiger charge is -2.26. The molecule has 1 atom stereocenters. The van der Waals surface area contributed by atoms with E-state index in [1.165, 1.54) is 6.07 Å². The molecule has 0 bridgehead atoms. The maximum Gasteiger partial charge on any atom is 0.416 e. The molecular weight excluding hydrogens is 490 g/mol. The summed E-state index contributed by atoms with van der Waals surface area (Å²) in [5.41, 5.74) is -0.0521. The molecule has 0 aliphatic carbocycles. The smallest absolute Gasteiger partial charge is 0.416 e. The summed E-state index contributed by atoms with van der Waals surface area (Å²) in [7, 11) is 0. The van der Waals surface area contributed by atoms with Crippen LogP contribution in [0, 0.1) is 3.57 Å². The second-order valence-electron chi connectivity index (χ2n) is 6.75. The summed E-state index contributed by atoms with van der Waals surface area (Å²) in [4.78, 5) is 12.7. The number of aryl methyl sites for hydroxylation is 1. The van der Waals surface area contributed by atoms with E-state index in [1.807, 2.05) is 22.6 Å². The molecule has 1 N–H and O–H groups in total. The van der Waals surface area contributed by atoms with Crippen LogP contribution in [0.4, 0.5) is 13.2 Å². The molecule has 3 heterocycles. The van der Waals surface area contributed by atoms with Crippen molar-refractivity contribution in [3.8, 4) is 11.6 Å². The molecule has 1 amide bonds. The van der Waals surface area contributed by atoms with Gasteiger partial charge in [-0.05, 0) is 65.6 Å². The van der Waals surface area contributed by atoms with E-state index in [9.17, 15) is 18.0 Å². The SMILES string of the molecule is O=C(NC1COc2ccc(C(F)(F)F)cc2C1)c1nn2c(c1I)OCCCC2. The van der Waals surface area contributed by atoms with Crippen molar-refractivity contribution in [1.29, 1.82) is 0 Å². The van der Waals surface area contributed by atoms with Gasteiger partial charge in [-0.2, -0.15) is 18.3 Å². The summed E-state index contributed by atoms with van der Waals surface area (Å²) in [6.07, 6.45) is -2.32. The molecule has 10 heteroatoms. The normalized spacial score (nSPS) is 18.9. The lowest BCUT2D eigenvalue weighted by atomic mass is 10.00. The fourth-order valence-corrected chi connectivity index (χ4v) is 4.10. The van der Waals surface area contributed by atoms with Crippen molar-refractivity contribution in [1.82, 2.24) is 15.1 Å². The van der Waals surface area contributed by atoms with Crippen LogP contribution in [0.1, 0.15) is 34.5 Å². The standard InChI is InChI=1S/C18H17F3IN3O3/c19-18(20,21)11-3-4-13-10(7-11)8-12(9-28-13)23-16(26)15-14(22)17-25(24-15)5-1-2-6-27-17/h3-4,7,12H,1-2,5-6,8-9H2,(H,23,26). The number of benzene rings is 1. The number of amides is 1. The van der Waals surface area contributed by atoms with E-state index in [0.29, 0.717) is 33.9 Å². The Morgan fingerprint density at radius 2 is 2.11 bits per heavy atom. The number of aromatic nitrogens is 2. The van der Waals surface area contributed by atoms with E-state index in [0.717, 1.165) is 25.0 Å². The maximum atomic E-state index is 12.9. The topological polar surface area (TPSA) is 65.4 Å². The Morgan fingerprint density at radius 3 is 2.89 bits per heavy atom. The monoisotopic (exact) mass is 507 g/mol. The number of ether oxygens (including phenoxy) is 2. The van der Waals surface area contributed by atoms with Gasteiger partial charge in [0, 0.05) is 6.54 Å². The summed E-state index contributed by atoms with van der Waals surface area (Å²) >= 11 is 2.03. The molecule has 2 aromatic rings.